The number of nitrogens with one attached hydrogen (secondary N) is 1. The zero-order valence-corrected chi connectivity index (χ0v) is 13.1. The summed E-state index contributed by atoms with van der Waals surface area (Å²) in [5.74, 6) is 0.950. The third-order valence-corrected chi connectivity index (χ3v) is 5.06. The van der Waals surface area contributed by atoms with Crippen molar-refractivity contribution in [1.82, 2.24) is 4.72 Å². The summed E-state index contributed by atoms with van der Waals surface area (Å²) in [6, 6.07) is 5.17. The topological polar surface area (TPSA) is 72.2 Å². The van der Waals surface area contributed by atoms with Crippen molar-refractivity contribution in [3.63, 3.8) is 0 Å². The number of hydrogen-bond donors (Lipinski definition) is 2. The fourth-order valence-corrected chi connectivity index (χ4v) is 3.37. The zero-order valence-electron chi connectivity index (χ0n) is 11.5. The van der Waals surface area contributed by atoms with Crippen molar-refractivity contribution in [1.29, 1.82) is 0 Å². The van der Waals surface area contributed by atoms with Gasteiger partial charge in [-0.25, -0.2) is 13.1 Å². The van der Waals surface area contributed by atoms with E-state index in [0.29, 0.717) is 18.0 Å². The number of aryl methyl sites for hydroxylation is 1. The lowest BCUT2D eigenvalue weighted by Gasteiger charge is -2.10. The first-order valence-electron chi connectivity index (χ1n) is 6.35. The standard InChI is InChI=1S/C13H22N2O2S2/c1-3-11-5-6-13(9-12(11)10-14)19(16,17)15-7-4-8-18-2/h5-6,9,15H,3-4,7-8,10,14H2,1-2H3. The Morgan fingerprint density at radius 3 is 2.63 bits per heavy atom. The van der Waals surface area contributed by atoms with Crippen molar-refractivity contribution in [2.75, 3.05) is 18.6 Å². The van der Waals surface area contributed by atoms with Crippen molar-refractivity contribution in [3.05, 3.63) is 29.3 Å². The van der Waals surface area contributed by atoms with E-state index in [1.807, 2.05) is 19.2 Å². The van der Waals surface area contributed by atoms with Gasteiger partial charge in [0.05, 0.1) is 4.90 Å². The van der Waals surface area contributed by atoms with E-state index in [0.717, 1.165) is 29.7 Å². The van der Waals surface area contributed by atoms with Gasteiger partial charge in [0.15, 0.2) is 0 Å². The molecule has 0 amide bonds. The monoisotopic (exact) mass is 302 g/mol. The first-order valence-corrected chi connectivity index (χ1v) is 9.23. The van der Waals surface area contributed by atoms with Gasteiger partial charge in [-0.3, -0.25) is 0 Å². The molecule has 108 valence electrons. The van der Waals surface area contributed by atoms with Crippen molar-refractivity contribution in [2.45, 2.75) is 31.2 Å². The second-order valence-corrected chi connectivity index (χ2v) is 6.98. The van der Waals surface area contributed by atoms with E-state index in [4.69, 9.17) is 5.73 Å². The summed E-state index contributed by atoms with van der Waals surface area (Å²) in [5, 5.41) is 0. The molecule has 0 unspecified atom stereocenters. The molecule has 0 saturated carbocycles. The van der Waals surface area contributed by atoms with Crippen LogP contribution < -0.4 is 10.5 Å². The summed E-state index contributed by atoms with van der Waals surface area (Å²) >= 11 is 1.71. The summed E-state index contributed by atoms with van der Waals surface area (Å²) < 4.78 is 26.8. The molecule has 0 heterocycles. The third kappa shape index (κ3) is 4.80. The zero-order chi connectivity index (χ0) is 14.3. The molecule has 6 heteroatoms. The average molecular weight is 302 g/mol. The molecule has 0 aliphatic carbocycles. The predicted octanol–water partition coefficient (Wildman–Crippen LogP) is 1.74. The molecule has 4 nitrogen and oxygen atoms in total. The molecule has 1 rings (SSSR count). The normalized spacial score (nSPS) is 11.7. The first-order chi connectivity index (χ1) is 9.05. The first kappa shape index (κ1) is 16.5. The molecular formula is C13H22N2O2S2. The van der Waals surface area contributed by atoms with E-state index < -0.39 is 10.0 Å². The van der Waals surface area contributed by atoms with Crippen LogP contribution in [0, 0.1) is 0 Å². The summed E-state index contributed by atoms with van der Waals surface area (Å²) in [6.45, 7) is 2.86. The lowest BCUT2D eigenvalue weighted by Crippen LogP contribution is -2.25. The molecule has 1 aromatic rings. The maximum absolute atomic E-state index is 12.1. The van der Waals surface area contributed by atoms with Gasteiger partial charge in [0.2, 0.25) is 10.0 Å². The molecule has 0 saturated heterocycles. The molecule has 19 heavy (non-hydrogen) atoms. The minimum Gasteiger partial charge on any atom is -0.326 e. The van der Waals surface area contributed by atoms with Crippen molar-refractivity contribution >= 4 is 21.8 Å². The van der Waals surface area contributed by atoms with Crippen LogP contribution in [-0.4, -0.2) is 27.0 Å². The molecule has 0 bridgehead atoms. The summed E-state index contributed by atoms with van der Waals surface area (Å²) in [6.07, 6.45) is 3.69. The number of rotatable bonds is 8. The van der Waals surface area contributed by atoms with E-state index in [2.05, 4.69) is 4.72 Å². The highest BCUT2D eigenvalue weighted by Gasteiger charge is 2.14. The van der Waals surface area contributed by atoms with Crippen LogP contribution in [0.4, 0.5) is 0 Å². The van der Waals surface area contributed by atoms with Gasteiger partial charge in [-0.2, -0.15) is 11.8 Å². The van der Waals surface area contributed by atoms with Crippen LogP contribution in [0.15, 0.2) is 23.1 Å². The van der Waals surface area contributed by atoms with Gasteiger partial charge in [0.25, 0.3) is 0 Å². The van der Waals surface area contributed by atoms with E-state index in [1.54, 1.807) is 23.9 Å². The lowest BCUT2D eigenvalue weighted by molar-refractivity contribution is 0.581. The minimum atomic E-state index is -3.41. The molecular weight excluding hydrogens is 280 g/mol. The Labute approximate surface area is 120 Å². The van der Waals surface area contributed by atoms with Gasteiger partial charge in [0.1, 0.15) is 0 Å². The highest BCUT2D eigenvalue weighted by Crippen LogP contribution is 2.16. The van der Waals surface area contributed by atoms with Gasteiger partial charge in [-0.05, 0) is 48.1 Å². The number of sulfonamides is 1. The maximum Gasteiger partial charge on any atom is 0.240 e. The van der Waals surface area contributed by atoms with Gasteiger partial charge in [-0.15, -0.1) is 0 Å². The summed E-state index contributed by atoms with van der Waals surface area (Å²) in [4.78, 5) is 0.300. The highest BCUT2D eigenvalue weighted by molar-refractivity contribution is 7.98. The van der Waals surface area contributed by atoms with Crippen LogP contribution in [0.1, 0.15) is 24.5 Å². The second kappa shape index (κ2) is 7.89. The van der Waals surface area contributed by atoms with Crippen LogP contribution in [0.5, 0.6) is 0 Å². The molecule has 3 N–H and O–H groups in total. The van der Waals surface area contributed by atoms with E-state index in [-0.39, 0.29) is 0 Å². The maximum atomic E-state index is 12.1. The van der Waals surface area contributed by atoms with Crippen LogP contribution in [0.3, 0.4) is 0 Å². The Morgan fingerprint density at radius 1 is 1.32 bits per heavy atom. The molecule has 0 aliphatic heterocycles. The summed E-state index contributed by atoms with van der Waals surface area (Å²) in [7, 11) is -3.41. The SMILES string of the molecule is CCc1ccc(S(=O)(=O)NCCCSC)cc1CN. The van der Waals surface area contributed by atoms with Gasteiger partial charge in [-0.1, -0.05) is 13.0 Å². The second-order valence-electron chi connectivity index (χ2n) is 4.23. The van der Waals surface area contributed by atoms with Gasteiger partial charge < -0.3 is 5.73 Å². The Hall–Kier alpha value is -0.560. The fourth-order valence-electron chi connectivity index (χ4n) is 1.81. The number of hydrogen-bond acceptors (Lipinski definition) is 4. The number of benzene rings is 1. The predicted molar refractivity (Wildman–Crippen MR) is 81.9 cm³/mol. The minimum absolute atomic E-state index is 0.300. The Morgan fingerprint density at radius 2 is 2.05 bits per heavy atom. The quantitative estimate of drug-likeness (QED) is 0.718. The molecule has 0 aromatic heterocycles. The fraction of sp³-hybridized carbons (Fsp3) is 0.538. The van der Waals surface area contributed by atoms with Crippen LogP contribution in [0.25, 0.3) is 0 Å². The third-order valence-electron chi connectivity index (χ3n) is 2.91. The lowest BCUT2D eigenvalue weighted by atomic mass is 10.1. The van der Waals surface area contributed by atoms with Crippen LogP contribution in [0.2, 0.25) is 0 Å². The molecule has 0 fully saturated rings. The van der Waals surface area contributed by atoms with Gasteiger partial charge in [0, 0.05) is 13.1 Å². The van der Waals surface area contributed by atoms with Crippen molar-refractivity contribution in [3.8, 4) is 0 Å². The summed E-state index contributed by atoms with van der Waals surface area (Å²) in [5.41, 5.74) is 7.66. The van der Waals surface area contributed by atoms with Crippen LogP contribution in [-0.2, 0) is 23.0 Å². The van der Waals surface area contributed by atoms with Crippen LogP contribution >= 0.6 is 11.8 Å². The Bertz CT molecular complexity index is 501. The van der Waals surface area contributed by atoms with E-state index in [9.17, 15) is 8.42 Å². The van der Waals surface area contributed by atoms with Crippen molar-refractivity contribution < 1.29 is 8.42 Å². The highest BCUT2D eigenvalue weighted by atomic mass is 32.2. The molecule has 0 aliphatic rings. The molecule has 0 spiro atoms. The molecule has 0 atom stereocenters. The van der Waals surface area contributed by atoms with Crippen molar-refractivity contribution in [2.24, 2.45) is 5.73 Å². The molecule has 1 aromatic carbocycles. The number of nitrogens with two attached hydrogens (primary N) is 1. The number of thioether (sulfide) groups is 1. The smallest absolute Gasteiger partial charge is 0.240 e. The average Bonchev–Trinajstić information content (AvgIpc) is 2.42. The largest absolute Gasteiger partial charge is 0.326 e. The Kier molecular flexibility index (Phi) is 6.85. The van der Waals surface area contributed by atoms with E-state index in [1.165, 1.54) is 0 Å². The Balaban J connectivity index is 2.83. The molecule has 0 radical (unpaired) electrons. The van der Waals surface area contributed by atoms with Gasteiger partial charge >= 0.3 is 0 Å². The van der Waals surface area contributed by atoms with E-state index >= 15 is 0 Å².